The SMILES string of the molecule is O=C(CCCc1c[nH]c2ccccc12)N1CCN(C(=O)c2cc(C(F)(F)F)cc(C(F)(F)F)c2)[C@H](Cc2ccccc2)C1. The molecule has 226 valence electrons. The van der Waals surface area contributed by atoms with Gasteiger partial charge in [-0.15, -0.1) is 0 Å². The Kier molecular flexibility index (Phi) is 8.52. The molecule has 0 saturated carbocycles. The first-order valence-electron chi connectivity index (χ1n) is 13.9. The van der Waals surface area contributed by atoms with Gasteiger partial charge in [0.05, 0.1) is 17.2 Å². The number of amides is 2. The van der Waals surface area contributed by atoms with E-state index in [-0.39, 0.29) is 44.4 Å². The van der Waals surface area contributed by atoms with Gasteiger partial charge in [-0.25, -0.2) is 0 Å². The predicted molar refractivity (Wildman–Crippen MR) is 149 cm³/mol. The molecule has 1 aliphatic heterocycles. The number of aryl methyl sites for hydroxylation is 1. The van der Waals surface area contributed by atoms with Crippen LogP contribution in [0.1, 0.15) is 45.5 Å². The number of benzene rings is 3. The number of halogens is 6. The summed E-state index contributed by atoms with van der Waals surface area (Å²) in [5.41, 5.74) is -0.863. The van der Waals surface area contributed by atoms with E-state index in [1.807, 2.05) is 42.6 Å². The summed E-state index contributed by atoms with van der Waals surface area (Å²) in [5.74, 6) is -1.06. The van der Waals surface area contributed by atoms with Gasteiger partial charge in [-0.3, -0.25) is 9.59 Å². The van der Waals surface area contributed by atoms with Gasteiger partial charge >= 0.3 is 12.4 Å². The second kappa shape index (κ2) is 12.1. The summed E-state index contributed by atoms with van der Waals surface area (Å²) in [7, 11) is 0. The molecule has 2 heterocycles. The Labute approximate surface area is 244 Å². The van der Waals surface area contributed by atoms with Crippen molar-refractivity contribution >= 4 is 22.7 Å². The molecule has 1 aromatic heterocycles. The summed E-state index contributed by atoms with van der Waals surface area (Å²) in [6.07, 6.45) is -6.42. The summed E-state index contributed by atoms with van der Waals surface area (Å²) in [6, 6.07) is 17.2. The molecule has 1 aliphatic rings. The zero-order valence-electron chi connectivity index (χ0n) is 23.0. The van der Waals surface area contributed by atoms with Crippen LogP contribution in [0.25, 0.3) is 10.9 Å². The fourth-order valence-corrected chi connectivity index (χ4v) is 5.58. The number of piperazine rings is 1. The molecule has 0 aliphatic carbocycles. The number of carbonyl (C=O) groups excluding carboxylic acids is 2. The first-order valence-corrected chi connectivity index (χ1v) is 13.9. The van der Waals surface area contributed by atoms with Gasteiger partial charge in [-0.2, -0.15) is 26.3 Å². The van der Waals surface area contributed by atoms with Crippen LogP contribution in [0.2, 0.25) is 0 Å². The third-order valence-electron chi connectivity index (χ3n) is 7.76. The number of alkyl halides is 6. The van der Waals surface area contributed by atoms with E-state index in [1.165, 1.54) is 4.90 Å². The van der Waals surface area contributed by atoms with Crippen LogP contribution < -0.4 is 0 Å². The molecule has 11 heteroatoms. The maximum Gasteiger partial charge on any atom is 0.416 e. The highest BCUT2D eigenvalue weighted by Gasteiger charge is 2.39. The standard InChI is InChI=1S/C32H29F6N3O2/c33-31(34,35)24-16-23(17-25(18-24)32(36,37)38)30(43)41-14-13-40(20-26(41)15-21-7-2-1-3-8-21)29(42)12-6-9-22-19-39-28-11-5-4-10-27(22)28/h1-5,7-8,10-11,16-19,26,39H,6,9,12-15,20H2/t26-/m1/s1. The second-order valence-electron chi connectivity index (χ2n) is 10.7. The van der Waals surface area contributed by atoms with Gasteiger partial charge in [0.1, 0.15) is 0 Å². The third-order valence-corrected chi connectivity index (χ3v) is 7.76. The Balaban J connectivity index is 1.33. The molecule has 0 radical (unpaired) electrons. The van der Waals surface area contributed by atoms with Crippen LogP contribution in [-0.4, -0.2) is 52.3 Å². The van der Waals surface area contributed by atoms with Crippen molar-refractivity contribution in [1.29, 1.82) is 0 Å². The molecule has 2 amide bonds. The van der Waals surface area contributed by atoms with Crippen LogP contribution in [0.4, 0.5) is 26.3 Å². The number of fused-ring (bicyclic) bond motifs is 1. The summed E-state index contributed by atoms with van der Waals surface area (Å²) >= 11 is 0. The van der Waals surface area contributed by atoms with Crippen molar-refractivity contribution in [2.75, 3.05) is 19.6 Å². The lowest BCUT2D eigenvalue weighted by Gasteiger charge is -2.42. The quantitative estimate of drug-likeness (QED) is 0.229. The number of hydrogen-bond donors (Lipinski definition) is 1. The van der Waals surface area contributed by atoms with Gasteiger partial charge in [0.25, 0.3) is 5.91 Å². The smallest absolute Gasteiger partial charge is 0.361 e. The van der Waals surface area contributed by atoms with E-state index in [0.29, 0.717) is 25.0 Å². The molecule has 5 rings (SSSR count). The number of nitrogens with one attached hydrogen (secondary N) is 1. The molecule has 5 nitrogen and oxygen atoms in total. The third kappa shape index (κ3) is 7.03. The van der Waals surface area contributed by atoms with Crippen LogP contribution in [0, 0.1) is 0 Å². The highest BCUT2D eigenvalue weighted by Crippen LogP contribution is 2.37. The van der Waals surface area contributed by atoms with Gasteiger partial charge in [0.2, 0.25) is 5.91 Å². The van der Waals surface area contributed by atoms with Crippen molar-refractivity contribution < 1.29 is 35.9 Å². The molecule has 1 N–H and O–H groups in total. The summed E-state index contributed by atoms with van der Waals surface area (Å²) < 4.78 is 80.9. The van der Waals surface area contributed by atoms with Crippen molar-refractivity contribution in [2.24, 2.45) is 0 Å². The maximum absolute atomic E-state index is 13.5. The number of rotatable bonds is 7. The number of carbonyl (C=O) groups is 2. The van der Waals surface area contributed by atoms with E-state index in [0.717, 1.165) is 22.0 Å². The molecule has 1 fully saturated rings. The molecule has 0 spiro atoms. The van der Waals surface area contributed by atoms with Crippen molar-refractivity contribution in [3.8, 4) is 0 Å². The average molecular weight is 602 g/mol. The van der Waals surface area contributed by atoms with E-state index in [2.05, 4.69) is 4.98 Å². The summed E-state index contributed by atoms with van der Waals surface area (Å²) in [4.78, 5) is 32.9. The lowest BCUT2D eigenvalue weighted by atomic mass is 9.98. The highest BCUT2D eigenvalue weighted by atomic mass is 19.4. The molecule has 1 atom stereocenters. The summed E-state index contributed by atoms with van der Waals surface area (Å²) in [6.45, 7) is 0.202. The molecule has 0 bridgehead atoms. The van der Waals surface area contributed by atoms with E-state index in [1.54, 1.807) is 23.1 Å². The van der Waals surface area contributed by atoms with Crippen molar-refractivity contribution in [3.63, 3.8) is 0 Å². The van der Waals surface area contributed by atoms with Crippen LogP contribution in [-0.2, 0) is 30.0 Å². The Hall–Kier alpha value is -4.28. The minimum atomic E-state index is -5.07. The topological polar surface area (TPSA) is 56.4 Å². The molecule has 43 heavy (non-hydrogen) atoms. The van der Waals surface area contributed by atoms with E-state index >= 15 is 0 Å². The molecule has 3 aromatic carbocycles. The fraction of sp³-hybridized carbons (Fsp3) is 0.312. The van der Waals surface area contributed by atoms with Crippen LogP contribution >= 0.6 is 0 Å². The first-order chi connectivity index (χ1) is 20.4. The van der Waals surface area contributed by atoms with Crippen molar-refractivity contribution in [1.82, 2.24) is 14.8 Å². The minimum absolute atomic E-state index is 0.00508. The van der Waals surface area contributed by atoms with Gasteiger partial charge in [-0.05, 0) is 54.7 Å². The second-order valence-corrected chi connectivity index (χ2v) is 10.7. The zero-order chi connectivity index (χ0) is 30.8. The normalized spacial score (nSPS) is 16.1. The lowest BCUT2D eigenvalue weighted by molar-refractivity contribution is -0.143. The maximum atomic E-state index is 13.5. The molecule has 0 unspecified atom stereocenters. The van der Waals surface area contributed by atoms with Crippen LogP contribution in [0.5, 0.6) is 0 Å². The lowest BCUT2D eigenvalue weighted by Crippen LogP contribution is -2.57. The Morgan fingerprint density at radius 2 is 1.49 bits per heavy atom. The summed E-state index contributed by atoms with van der Waals surface area (Å²) in [5, 5.41) is 1.09. The first kappa shape index (κ1) is 30.2. The largest absolute Gasteiger partial charge is 0.416 e. The van der Waals surface area contributed by atoms with E-state index in [9.17, 15) is 35.9 Å². The van der Waals surface area contributed by atoms with Gasteiger partial charge < -0.3 is 14.8 Å². The van der Waals surface area contributed by atoms with Crippen LogP contribution in [0.15, 0.2) is 79.0 Å². The highest BCUT2D eigenvalue weighted by molar-refractivity contribution is 5.95. The van der Waals surface area contributed by atoms with Crippen molar-refractivity contribution in [3.05, 3.63) is 107 Å². The number of aromatic amines is 1. The Morgan fingerprint density at radius 3 is 2.16 bits per heavy atom. The number of para-hydroxylation sites is 1. The number of H-pyrrole nitrogens is 1. The predicted octanol–water partition coefficient (Wildman–Crippen LogP) is 7.12. The Bertz CT molecular complexity index is 1560. The zero-order valence-corrected chi connectivity index (χ0v) is 23.0. The number of nitrogens with zero attached hydrogens (tertiary/aromatic N) is 2. The fourth-order valence-electron chi connectivity index (χ4n) is 5.58. The Morgan fingerprint density at radius 1 is 0.837 bits per heavy atom. The molecular weight excluding hydrogens is 572 g/mol. The molecular formula is C32H29F6N3O2. The molecule has 1 saturated heterocycles. The van der Waals surface area contributed by atoms with Gasteiger partial charge in [0.15, 0.2) is 0 Å². The number of hydrogen-bond acceptors (Lipinski definition) is 2. The minimum Gasteiger partial charge on any atom is -0.361 e. The number of aromatic nitrogens is 1. The van der Waals surface area contributed by atoms with Gasteiger partial charge in [0, 0.05) is 48.7 Å². The molecule has 4 aromatic rings. The average Bonchev–Trinajstić information content (AvgIpc) is 3.39. The van der Waals surface area contributed by atoms with Crippen LogP contribution in [0.3, 0.4) is 0 Å². The van der Waals surface area contributed by atoms with E-state index in [4.69, 9.17) is 0 Å². The monoisotopic (exact) mass is 601 g/mol. The van der Waals surface area contributed by atoms with Crippen molar-refractivity contribution in [2.45, 2.75) is 44.1 Å². The van der Waals surface area contributed by atoms with E-state index < -0.39 is 41.0 Å². The van der Waals surface area contributed by atoms with Gasteiger partial charge in [-0.1, -0.05) is 48.5 Å².